The monoisotopic (exact) mass is 496 g/mol. The van der Waals surface area contributed by atoms with Gasteiger partial charge in [-0.3, -0.25) is 4.79 Å². The highest BCUT2D eigenvalue weighted by Gasteiger charge is 2.04. The van der Waals surface area contributed by atoms with Gasteiger partial charge in [-0.2, -0.15) is 0 Å². The summed E-state index contributed by atoms with van der Waals surface area (Å²) in [5.74, 6) is 1.54. The Morgan fingerprint density at radius 1 is 1.07 bits per heavy atom. The van der Waals surface area contributed by atoms with Crippen LogP contribution in [0.1, 0.15) is 29.3 Å². The molecule has 0 aromatic heterocycles. The van der Waals surface area contributed by atoms with Gasteiger partial charge in [-0.15, -0.1) is 24.0 Å². The number of para-hydroxylation sites is 1. The van der Waals surface area contributed by atoms with Crippen molar-refractivity contribution in [3.8, 4) is 5.75 Å². The lowest BCUT2D eigenvalue weighted by atomic mass is 10.1. The van der Waals surface area contributed by atoms with E-state index in [0.29, 0.717) is 18.7 Å². The Labute approximate surface area is 184 Å². The normalized spacial score (nSPS) is 10.6. The minimum atomic E-state index is -0.0933. The van der Waals surface area contributed by atoms with Crippen molar-refractivity contribution in [1.82, 2.24) is 16.0 Å². The van der Waals surface area contributed by atoms with Gasteiger partial charge >= 0.3 is 0 Å². The maximum Gasteiger partial charge on any atom is 0.251 e. The van der Waals surface area contributed by atoms with Crippen LogP contribution in [0.5, 0.6) is 5.75 Å². The number of hydrogen-bond donors (Lipinski definition) is 3. The highest BCUT2D eigenvalue weighted by molar-refractivity contribution is 14.0. The summed E-state index contributed by atoms with van der Waals surface area (Å²) in [5.41, 5.74) is 1.63. The average molecular weight is 496 g/mol. The van der Waals surface area contributed by atoms with E-state index in [1.54, 1.807) is 13.1 Å². The lowest BCUT2D eigenvalue weighted by Gasteiger charge is -2.12. The molecule has 0 saturated carbocycles. The summed E-state index contributed by atoms with van der Waals surface area (Å²) in [4.78, 5) is 16.3. The molecule has 7 heteroatoms. The first-order valence-corrected chi connectivity index (χ1v) is 9.24. The first-order valence-electron chi connectivity index (χ1n) is 9.24. The molecule has 0 aliphatic heterocycles. The molecule has 6 nitrogen and oxygen atoms in total. The molecule has 28 heavy (non-hydrogen) atoms. The van der Waals surface area contributed by atoms with Gasteiger partial charge in [0, 0.05) is 25.7 Å². The predicted octanol–water partition coefficient (Wildman–Crippen LogP) is 3.19. The fourth-order valence-electron chi connectivity index (χ4n) is 2.45. The van der Waals surface area contributed by atoms with Crippen molar-refractivity contribution in [2.45, 2.75) is 19.9 Å². The summed E-state index contributed by atoms with van der Waals surface area (Å²) in [6.07, 6.45) is 0.867. The topological polar surface area (TPSA) is 74.8 Å². The Bertz CT molecular complexity index is 738. The van der Waals surface area contributed by atoms with Crippen LogP contribution in [0.3, 0.4) is 0 Å². The molecule has 0 radical (unpaired) electrons. The van der Waals surface area contributed by atoms with E-state index >= 15 is 0 Å². The molecule has 3 N–H and O–H groups in total. The first-order chi connectivity index (χ1) is 13.2. The third-order valence-electron chi connectivity index (χ3n) is 3.81. The molecular weight excluding hydrogens is 467 g/mol. The largest absolute Gasteiger partial charge is 0.494 e. The van der Waals surface area contributed by atoms with E-state index in [0.717, 1.165) is 36.8 Å². The molecule has 0 aliphatic rings. The fourth-order valence-corrected chi connectivity index (χ4v) is 2.45. The second-order valence-corrected chi connectivity index (χ2v) is 5.92. The van der Waals surface area contributed by atoms with Crippen molar-refractivity contribution >= 4 is 35.8 Å². The number of nitrogens with one attached hydrogen (secondary N) is 3. The van der Waals surface area contributed by atoms with Gasteiger partial charge in [-0.05, 0) is 43.2 Å². The standard InChI is InChI=1S/C21H28N4O2.HI/c1-3-23-21(24-13-8-14-27-19-11-5-4-6-12-19)25-16-17-9-7-10-18(15-17)20(26)22-2;/h4-7,9-12,15H,3,8,13-14,16H2,1-2H3,(H,22,26)(H2,23,24,25);1H. The van der Waals surface area contributed by atoms with E-state index in [-0.39, 0.29) is 29.9 Å². The SMILES string of the molecule is CCNC(=NCc1cccc(C(=O)NC)c1)NCCCOc1ccccc1.I. The summed E-state index contributed by atoms with van der Waals surface area (Å²) < 4.78 is 5.69. The molecular formula is C21H29IN4O2. The third kappa shape index (κ3) is 8.60. The van der Waals surface area contributed by atoms with Crippen LogP contribution in [0, 0.1) is 0 Å². The van der Waals surface area contributed by atoms with Crippen LogP contribution >= 0.6 is 24.0 Å². The molecule has 0 spiro atoms. The van der Waals surface area contributed by atoms with Gasteiger partial charge in [-0.1, -0.05) is 30.3 Å². The van der Waals surface area contributed by atoms with Crippen LogP contribution in [0.25, 0.3) is 0 Å². The molecule has 0 bridgehead atoms. The summed E-state index contributed by atoms with van der Waals surface area (Å²) >= 11 is 0. The minimum absolute atomic E-state index is 0. The molecule has 2 aromatic rings. The summed E-state index contributed by atoms with van der Waals surface area (Å²) in [6.45, 7) is 4.72. The van der Waals surface area contributed by atoms with Gasteiger partial charge in [0.25, 0.3) is 5.91 Å². The minimum Gasteiger partial charge on any atom is -0.494 e. The van der Waals surface area contributed by atoms with Crippen molar-refractivity contribution < 1.29 is 9.53 Å². The van der Waals surface area contributed by atoms with Crippen LogP contribution in [0.15, 0.2) is 59.6 Å². The number of aliphatic imine (C=N–C) groups is 1. The number of rotatable bonds is 9. The number of ether oxygens (including phenoxy) is 1. The number of halogens is 1. The zero-order valence-corrected chi connectivity index (χ0v) is 18.7. The van der Waals surface area contributed by atoms with E-state index < -0.39 is 0 Å². The van der Waals surface area contributed by atoms with E-state index in [2.05, 4.69) is 20.9 Å². The molecule has 0 aliphatic carbocycles. The van der Waals surface area contributed by atoms with E-state index in [1.165, 1.54) is 0 Å². The Morgan fingerprint density at radius 2 is 1.86 bits per heavy atom. The van der Waals surface area contributed by atoms with Crippen molar-refractivity contribution in [3.05, 3.63) is 65.7 Å². The number of carbonyl (C=O) groups is 1. The van der Waals surface area contributed by atoms with Crippen LogP contribution < -0.4 is 20.7 Å². The highest BCUT2D eigenvalue weighted by Crippen LogP contribution is 2.08. The lowest BCUT2D eigenvalue weighted by molar-refractivity contribution is 0.0963. The second-order valence-electron chi connectivity index (χ2n) is 5.92. The smallest absolute Gasteiger partial charge is 0.251 e. The van der Waals surface area contributed by atoms with Gasteiger partial charge in [0.05, 0.1) is 13.2 Å². The summed E-state index contributed by atoms with van der Waals surface area (Å²) in [6, 6.07) is 17.3. The van der Waals surface area contributed by atoms with Crippen molar-refractivity contribution in [1.29, 1.82) is 0 Å². The van der Waals surface area contributed by atoms with Crippen LogP contribution in [-0.4, -0.2) is 38.6 Å². The molecule has 0 heterocycles. The number of hydrogen-bond acceptors (Lipinski definition) is 3. The molecule has 1 amide bonds. The Hall–Kier alpha value is -2.29. The van der Waals surface area contributed by atoms with Gasteiger partial charge in [0.2, 0.25) is 0 Å². The number of carbonyl (C=O) groups excluding carboxylic acids is 1. The molecule has 0 saturated heterocycles. The maximum atomic E-state index is 11.7. The third-order valence-corrected chi connectivity index (χ3v) is 3.81. The molecule has 0 unspecified atom stereocenters. The van der Waals surface area contributed by atoms with Gasteiger partial charge in [0.1, 0.15) is 5.75 Å². The van der Waals surface area contributed by atoms with Crippen molar-refractivity contribution in [2.75, 3.05) is 26.7 Å². The van der Waals surface area contributed by atoms with E-state index in [4.69, 9.17) is 4.74 Å². The number of nitrogens with zero attached hydrogens (tertiary/aromatic N) is 1. The number of guanidine groups is 1. The first kappa shape index (κ1) is 23.7. The Balaban J connectivity index is 0.00000392. The second kappa shape index (κ2) is 13.8. The number of benzene rings is 2. The Kier molecular flexibility index (Phi) is 11.7. The molecule has 152 valence electrons. The zero-order valence-electron chi connectivity index (χ0n) is 16.4. The van der Waals surface area contributed by atoms with E-state index in [9.17, 15) is 4.79 Å². The average Bonchev–Trinajstić information content (AvgIpc) is 2.72. The maximum absolute atomic E-state index is 11.7. The van der Waals surface area contributed by atoms with E-state index in [1.807, 2.05) is 55.5 Å². The number of amides is 1. The van der Waals surface area contributed by atoms with Crippen LogP contribution in [0.2, 0.25) is 0 Å². The van der Waals surface area contributed by atoms with Gasteiger partial charge in [0.15, 0.2) is 5.96 Å². The van der Waals surface area contributed by atoms with Crippen LogP contribution in [0.4, 0.5) is 0 Å². The van der Waals surface area contributed by atoms with Crippen LogP contribution in [-0.2, 0) is 6.54 Å². The molecule has 0 atom stereocenters. The molecule has 2 aromatic carbocycles. The molecule has 0 fully saturated rings. The quantitative estimate of drug-likeness (QED) is 0.216. The van der Waals surface area contributed by atoms with Gasteiger partial charge < -0.3 is 20.7 Å². The van der Waals surface area contributed by atoms with Crippen molar-refractivity contribution in [3.63, 3.8) is 0 Å². The van der Waals surface area contributed by atoms with Gasteiger partial charge in [-0.25, -0.2) is 4.99 Å². The fraction of sp³-hybridized carbons (Fsp3) is 0.333. The molecule has 2 rings (SSSR count). The van der Waals surface area contributed by atoms with Crippen molar-refractivity contribution in [2.24, 2.45) is 4.99 Å². The highest BCUT2D eigenvalue weighted by atomic mass is 127. The lowest BCUT2D eigenvalue weighted by Crippen LogP contribution is -2.38. The zero-order chi connectivity index (χ0) is 19.3. The summed E-state index contributed by atoms with van der Waals surface area (Å²) in [5, 5.41) is 9.17. The predicted molar refractivity (Wildman–Crippen MR) is 125 cm³/mol. The Morgan fingerprint density at radius 3 is 2.57 bits per heavy atom. The summed E-state index contributed by atoms with van der Waals surface area (Å²) in [7, 11) is 1.63.